The van der Waals surface area contributed by atoms with Crippen LogP contribution in [0.25, 0.3) is 10.9 Å². The molecule has 8 rings (SSSR count). The van der Waals surface area contributed by atoms with Gasteiger partial charge < -0.3 is 9.64 Å². The van der Waals surface area contributed by atoms with E-state index in [0.717, 1.165) is 16.4 Å². The monoisotopic (exact) mass is 642 g/mol. The number of piperazine rings is 1. The molecule has 11 heteroatoms. The highest BCUT2D eigenvalue weighted by atomic mass is 32.2. The molecule has 3 unspecified atom stereocenters. The zero-order chi connectivity index (χ0) is 32.3. The second-order valence-electron chi connectivity index (χ2n) is 11.9. The molecule has 0 saturated carbocycles. The summed E-state index contributed by atoms with van der Waals surface area (Å²) in [6.45, 7) is 3.33. The predicted octanol–water partition coefficient (Wildman–Crippen LogP) is 4.84. The highest BCUT2D eigenvalue weighted by Gasteiger charge is 2.64. The smallest absolute Gasteiger partial charge is 0.273 e. The van der Waals surface area contributed by atoms with Crippen molar-refractivity contribution in [1.29, 1.82) is 5.26 Å². The molecule has 2 saturated heterocycles. The minimum Gasteiger partial charge on any atom is -0.493 e. The average molecular weight is 643 g/mol. The number of carbonyl (C=O) groups excluding carboxylic acids is 1. The largest absolute Gasteiger partial charge is 0.493 e. The Kier molecular flexibility index (Phi) is 6.75. The number of rotatable bonds is 7. The second-order valence-corrected chi connectivity index (χ2v) is 13.7. The molecule has 2 fully saturated rings. The summed E-state index contributed by atoms with van der Waals surface area (Å²) in [4.78, 5) is 28.5. The van der Waals surface area contributed by atoms with Crippen molar-refractivity contribution in [3.05, 3.63) is 120 Å². The van der Waals surface area contributed by atoms with Crippen molar-refractivity contribution < 1.29 is 17.9 Å². The lowest BCUT2D eigenvalue weighted by atomic mass is 9.80. The first-order valence-electron chi connectivity index (χ1n) is 15.5. The van der Waals surface area contributed by atoms with Gasteiger partial charge in [-0.15, -0.1) is 0 Å². The van der Waals surface area contributed by atoms with Crippen molar-refractivity contribution in [3.8, 4) is 11.8 Å². The third kappa shape index (κ3) is 4.18. The van der Waals surface area contributed by atoms with Gasteiger partial charge in [0.2, 0.25) is 0 Å². The molecule has 3 aromatic carbocycles. The highest BCUT2D eigenvalue weighted by molar-refractivity contribution is 7.93. The first-order valence-corrected chi connectivity index (χ1v) is 17.0. The van der Waals surface area contributed by atoms with E-state index in [1.165, 1.54) is 6.07 Å². The van der Waals surface area contributed by atoms with Gasteiger partial charge in [0.15, 0.2) is 5.54 Å². The standard InChI is InChI=1S/C36H30N6O4S/c1-2-46-32-10-4-3-9-29(32)36(41-23-27-20-28(41)22-40(27)26-14-17-38-18-15-26)30-19-24(21-37)12-13-31(30)42(35(36)43)47(44,45)33-11-5-7-25-8-6-16-39-34(25)33/h3-19,27-28H,2,20,22-23H2,1H3. The SMILES string of the molecule is CCOc1ccccc1C1(N2CC3CC2CN3c2ccncc2)C(=O)N(S(=O)(=O)c2cccc3cccnc23)c2ccc(C#N)cc21. The first-order chi connectivity index (χ1) is 22.9. The van der Waals surface area contributed by atoms with E-state index in [1.807, 2.05) is 43.3 Å². The fourth-order valence-corrected chi connectivity index (χ4v) is 9.37. The van der Waals surface area contributed by atoms with Crippen molar-refractivity contribution in [2.24, 2.45) is 0 Å². The van der Waals surface area contributed by atoms with Gasteiger partial charge in [-0.3, -0.25) is 19.7 Å². The number of carbonyl (C=O) groups is 1. The van der Waals surface area contributed by atoms with Crippen LogP contribution in [0.5, 0.6) is 5.75 Å². The molecule has 0 N–H and O–H groups in total. The van der Waals surface area contributed by atoms with Gasteiger partial charge >= 0.3 is 0 Å². The van der Waals surface area contributed by atoms with Crippen LogP contribution in [-0.4, -0.2) is 61.0 Å². The van der Waals surface area contributed by atoms with E-state index in [1.54, 1.807) is 61.1 Å². The molecule has 10 nitrogen and oxygen atoms in total. The quantitative estimate of drug-likeness (QED) is 0.246. The van der Waals surface area contributed by atoms with Crippen molar-refractivity contribution in [2.45, 2.75) is 35.9 Å². The number of hydrogen-bond acceptors (Lipinski definition) is 9. The molecule has 0 spiro atoms. The fraction of sp³-hybridized carbons (Fsp3) is 0.222. The number of ether oxygens (including phenoxy) is 1. The number of likely N-dealkylation sites (tertiary alicyclic amines) is 1. The average Bonchev–Trinajstić information content (AvgIpc) is 3.79. The number of nitrogens with zero attached hydrogens (tertiary/aromatic N) is 6. The molecule has 5 heterocycles. The Morgan fingerprint density at radius 1 is 0.936 bits per heavy atom. The lowest BCUT2D eigenvalue weighted by molar-refractivity contribution is -0.127. The zero-order valence-electron chi connectivity index (χ0n) is 25.5. The number of amides is 1. The normalized spacial score (nSPS) is 22.1. The van der Waals surface area contributed by atoms with E-state index < -0.39 is 21.5 Å². The number of para-hydroxylation sites is 2. The Labute approximate surface area is 272 Å². The maximum Gasteiger partial charge on any atom is 0.273 e. The topological polar surface area (TPSA) is 120 Å². The summed E-state index contributed by atoms with van der Waals surface area (Å²) in [6.07, 6.45) is 5.85. The minimum atomic E-state index is -4.49. The van der Waals surface area contributed by atoms with Gasteiger partial charge in [0.05, 0.1) is 29.4 Å². The van der Waals surface area contributed by atoms with Crippen LogP contribution in [0.1, 0.15) is 30.0 Å². The molecular formula is C36H30N6O4S. The first kappa shape index (κ1) is 29.1. The summed E-state index contributed by atoms with van der Waals surface area (Å²) < 4.78 is 36.8. The summed E-state index contributed by atoms with van der Waals surface area (Å²) in [5.41, 5.74) is 1.24. The van der Waals surface area contributed by atoms with Gasteiger partial charge in [0.1, 0.15) is 10.6 Å². The van der Waals surface area contributed by atoms with Gasteiger partial charge in [0, 0.05) is 66.0 Å². The number of anilines is 2. The minimum absolute atomic E-state index is 0.0695. The lowest BCUT2D eigenvalue weighted by Crippen LogP contribution is -2.60. The van der Waals surface area contributed by atoms with E-state index in [4.69, 9.17) is 4.74 Å². The van der Waals surface area contributed by atoms with E-state index >= 15 is 4.79 Å². The summed E-state index contributed by atoms with van der Waals surface area (Å²) in [6, 6.07) is 26.7. The molecule has 0 radical (unpaired) electrons. The fourth-order valence-electron chi connectivity index (χ4n) is 7.73. The summed E-state index contributed by atoms with van der Waals surface area (Å²) in [5.74, 6) is -0.151. The molecule has 5 aromatic rings. The zero-order valence-corrected chi connectivity index (χ0v) is 26.3. The van der Waals surface area contributed by atoms with Crippen LogP contribution < -0.4 is 13.9 Å². The molecule has 3 aliphatic rings. The van der Waals surface area contributed by atoms with Gasteiger partial charge in [-0.25, -0.2) is 12.7 Å². The van der Waals surface area contributed by atoms with Crippen molar-refractivity contribution in [3.63, 3.8) is 0 Å². The third-order valence-corrected chi connectivity index (χ3v) is 11.3. The molecule has 0 aliphatic carbocycles. The predicted molar refractivity (Wildman–Crippen MR) is 176 cm³/mol. The number of fused-ring (bicyclic) bond motifs is 4. The van der Waals surface area contributed by atoms with Crippen LogP contribution in [0.3, 0.4) is 0 Å². The van der Waals surface area contributed by atoms with Crippen molar-refractivity contribution in [1.82, 2.24) is 14.9 Å². The Bertz CT molecular complexity index is 2200. The third-order valence-electron chi connectivity index (χ3n) is 9.58. The molecule has 234 valence electrons. The summed E-state index contributed by atoms with van der Waals surface area (Å²) >= 11 is 0. The van der Waals surface area contributed by atoms with Crippen LogP contribution in [0.4, 0.5) is 11.4 Å². The number of aromatic nitrogens is 2. The summed E-state index contributed by atoms with van der Waals surface area (Å²) in [5, 5.41) is 10.7. The Morgan fingerprint density at radius 2 is 1.74 bits per heavy atom. The number of benzene rings is 3. The second kappa shape index (κ2) is 10.9. The van der Waals surface area contributed by atoms with E-state index in [-0.39, 0.29) is 28.2 Å². The van der Waals surface area contributed by atoms with Gasteiger partial charge in [-0.2, -0.15) is 5.26 Å². The Balaban J connectivity index is 1.37. The molecule has 2 bridgehead atoms. The van der Waals surface area contributed by atoms with Gasteiger partial charge in [-0.1, -0.05) is 36.4 Å². The molecule has 3 atom stereocenters. The Hall–Kier alpha value is -5.31. The van der Waals surface area contributed by atoms with E-state index in [2.05, 4.69) is 25.8 Å². The highest BCUT2D eigenvalue weighted by Crippen LogP contribution is 2.56. The molecule has 47 heavy (non-hydrogen) atoms. The number of pyridine rings is 2. The van der Waals surface area contributed by atoms with Gasteiger partial charge in [-0.05, 0) is 61.9 Å². The molecular weight excluding hydrogens is 613 g/mol. The van der Waals surface area contributed by atoms with E-state index in [0.29, 0.717) is 47.5 Å². The van der Waals surface area contributed by atoms with Crippen LogP contribution in [0.15, 0.2) is 108 Å². The lowest BCUT2D eigenvalue weighted by Gasteiger charge is -2.45. The number of sulfonamides is 1. The maximum atomic E-state index is 15.5. The van der Waals surface area contributed by atoms with Crippen molar-refractivity contribution >= 4 is 38.2 Å². The summed E-state index contributed by atoms with van der Waals surface area (Å²) in [7, 11) is -4.49. The number of hydrogen-bond donors (Lipinski definition) is 0. The van der Waals surface area contributed by atoms with Crippen LogP contribution in [0.2, 0.25) is 0 Å². The molecule has 2 aromatic heterocycles. The number of nitriles is 1. The van der Waals surface area contributed by atoms with Crippen LogP contribution in [0, 0.1) is 11.3 Å². The Morgan fingerprint density at radius 3 is 2.51 bits per heavy atom. The van der Waals surface area contributed by atoms with E-state index in [9.17, 15) is 13.7 Å². The van der Waals surface area contributed by atoms with Gasteiger partial charge in [0.25, 0.3) is 15.9 Å². The van der Waals surface area contributed by atoms with Crippen molar-refractivity contribution in [2.75, 3.05) is 28.9 Å². The molecule has 3 aliphatic heterocycles. The maximum absolute atomic E-state index is 15.5. The van der Waals surface area contributed by atoms with Crippen LogP contribution >= 0.6 is 0 Å². The molecule has 1 amide bonds. The van der Waals surface area contributed by atoms with Crippen LogP contribution in [-0.2, 0) is 20.4 Å².